The lowest BCUT2D eigenvalue weighted by atomic mass is 9.94. The number of nitrogens with one attached hydrogen (secondary N) is 3. The number of aromatic nitrogens is 1. The molecule has 0 aliphatic carbocycles. The van der Waals surface area contributed by atoms with Gasteiger partial charge in [-0.2, -0.15) is 0 Å². The Labute approximate surface area is 177 Å². The van der Waals surface area contributed by atoms with Crippen molar-refractivity contribution in [2.24, 2.45) is 11.8 Å². The summed E-state index contributed by atoms with van der Waals surface area (Å²) in [5, 5.41) is 5.92. The average Bonchev–Trinajstić information content (AvgIpc) is 3.05. The summed E-state index contributed by atoms with van der Waals surface area (Å²) in [4.78, 5) is 28.3. The van der Waals surface area contributed by atoms with Crippen LogP contribution in [-0.4, -0.2) is 23.3 Å². The lowest BCUT2D eigenvalue weighted by Crippen LogP contribution is -2.46. The van der Waals surface area contributed by atoms with Crippen molar-refractivity contribution in [1.29, 1.82) is 0 Å². The van der Waals surface area contributed by atoms with E-state index in [1.54, 1.807) is 0 Å². The minimum absolute atomic E-state index is 0.0582. The summed E-state index contributed by atoms with van der Waals surface area (Å²) in [6.45, 7) is 10.7. The highest BCUT2D eigenvalue weighted by molar-refractivity contribution is 7.09. The van der Waals surface area contributed by atoms with Crippen LogP contribution in [0.25, 0.3) is 0 Å². The van der Waals surface area contributed by atoms with Gasteiger partial charge in [-0.3, -0.25) is 20.4 Å². The highest BCUT2D eigenvalue weighted by Crippen LogP contribution is 2.22. The number of benzene rings is 1. The second-order valence-electron chi connectivity index (χ2n) is 8.10. The van der Waals surface area contributed by atoms with E-state index in [2.05, 4.69) is 73.1 Å². The average molecular weight is 417 g/mol. The highest BCUT2D eigenvalue weighted by Gasteiger charge is 2.17. The maximum absolute atomic E-state index is 12.1. The number of rotatable bonds is 9. The third-order valence-corrected chi connectivity index (χ3v) is 5.42. The van der Waals surface area contributed by atoms with Gasteiger partial charge in [-0.15, -0.1) is 11.3 Å². The molecule has 1 heterocycles. The third kappa shape index (κ3) is 7.95. The molecule has 1 aromatic heterocycles. The first-order chi connectivity index (χ1) is 13.7. The van der Waals surface area contributed by atoms with Gasteiger partial charge in [0.2, 0.25) is 5.91 Å². The summed E-state index contributed by atoms with van der Waals surface area (Å²) in [5.74, 6) is 0.379. The maximum atomic E-state index is 12.1. The number of carbonyl (C=O) groups is 2. The number of hydrazine groups is 1. The third-order valence-electron chi connectivity index (χ3n) is 4.45. The van der Waals surface area contributed by atoms with E-state index >= 15 is 0 Å². The van der Waals surface area contributed by atoms with E-state index < -0.39 is 0 Å². The van der Waals surface area contributed by atoms with Crippen molar-refractivity contribution in [2.75, 3.05) is 6.54 Å². The zero-order valence-electron chi connectivity index (χ0n) is 17.9. The molecule has 29 heavy (non-hydrogen) atoms. The number of aryl methyl sites for hydroxylation is 1. The molecule has 1 atom stereocenters. The van der Waals surface area contributed by atoms with Crippen molar-refractivity contribution in [3.8, 4) is 0 Å². The van der Waals surface area contributed by atoms with Gasteiger partial charge in [0.1, 0.15) is 5.01 Å². The minimum Gasteiger partial charge on any atom is -0.301 e. The lowest BCUT2D eigenvalue weighted by Gasteiger charge is -2.23. The number of hydrogen-bond donors (Lipinski definition) is 3. The number of hydrogen-bond acceptors (Lipinski definition) is 5. The van der Waals surface area contributed by atoms with E-state index in [-0.39, 0.29) is 30.8 Å². The SMILES string of the molecule is Cc1csc(CC(=O)NNC(=O)CN[C@H](c2ccc(CC(C)C)cc2)C(C)C)n1. The quantitative estimate of drug-likeness (QED) is 0.548. The number of carbonyl (C=O) groups excluding carboxylic acids is 2. The van der Waals surface area contributed by atoms with E-state index in [1.165, 1.54) is 16.9 Å². The van der Waals surface area contributed by atoms with Crippen molar-refractivity contribution in [1.82, 2.24) is 21.2 Å². The minimum atomic E-state index is -0.283. The molecule has 0 aliphatic heterocycles. The molecule has 2 amide bonds. The monoisotopic (exact) mass is 416 g/mol. The van der Waals surface area contributed by atoms with Crippen molar-refractivity contribution in [3.63, 3.8) is 0 Å². The predicted octanol–water partition coefficient (Wildman–Crippen LogP) is 3.33. The summed E-state index contributed by atoms with van der Waals surface area (Å²) in [7, 11) is 0. The molecular formula is C22H32N4O2S. The van der Waals surface area contributed by atoms with E-state index in [9.17, 15) is 9.59 Å². The molecule has 7 heteroatoms. The Morgan fingerprint density at radius 1 is 1.03 bits per heavy atom. The van der Waals surface area contributed by atoms with Gasteiger partial charge >= 0.3 is 0 Å². The molecule has 0 saturated carbocycles. The summed E-state index contributed by atoms with van der Waals surface area (Å²) in [5.41, 5.74) is 8.28. The largest absolute Gasteiger partial charge is 0.301 e. The van der Waals surface area contributed by atoms with Crippen molar-refractivity contribution in [2.45, 2.75) is 53.5 Å². The maximum Gasteiger partial charge on any atom is 0.252 e. The molecular weight excluding hydrogens is 384 g/mol. The highest BCUT2D eigenvalue weighted by atomic mass is 32.1. The van der Waals surface area contributed by atoms with E-state index in [0.29, 0.717) is 11.8 Å². The second kappa shape index (κ2) is 11.1. The molecule has 0 radical (unpaired) electrons. The van der Waals surface area contributed by atoms with E-state index in [0.717, 1.165) is 22.7 Å². The van der Waals surface area contributed by atoms with Crippen LogP contribution in [0.2, 0.25) is 0 Å². The van der Waals surface area contributed by atoms with Gasteiger partial charge in [-0.1, -0.05) is 52.0 Å². The zero-order chi connectivity index (χ0) is 21.4. The zero-order valence-corrected chi connectivity index (χ0v) is 18.7. The van der Waals surface area contributed by atoms with Crippen LogP contribution in [0.5, 0.6) is 0 Å². The Morgan fingerprint density at radius 2 is 1.69 bits per heavy atom. The Morgan fingerprint density at radius 3 is 2.24 bits per heavy atom. The van der Waals surface area contributed by atoms with Crippen LogP contribution in [0.3, 0.4) is 0 Å². The first-order valence-electron chi connectivity index (χ1n) is 10.1. The van der Waals surface area contributed by atoms with Gasteiger partial charge in [-0.05, 0) is 36.3 Å². The molecule has 2 rings (SSSR count). The first kappa shape index (κ1) is 23.0. The van der Waals surface area contributed by atoms with Gasteiger partial charge in [0.05, 0.1) is 13.0 Å². The Hall–Kier alpha value is -2.25. The summed E-state index contributed by atoms with van der Waals surface area (Å²) >= 11 is 1.43. The van der Waals surface area contributed by atoms with Crippen molar-refractivity contribution in [3.05, 3.63) is 51.5 Å². The molecule has 0 unspecified atom stereocenters. The molecule has 0 saturated heterocycles. The topological polar surface area (TPSA) is 83.1 Å². The van der Waals surface area contributed by atoms with Crippen LogP contribution in [0, 0.1) is 18.8 Å². The van der Waals surface area contributed by atoms with E-state index in [1.807, 2.05) is 12.3 Å². The first-order valence-corrected chi connectivity index (χ1v) is 10.9. The molecule has 1 aromatic carbocycles. The molecule has 0 fully saturated rings. The molecule has 3 N–H and O–H groups in total. The number of thiazole rings is 1. The molecule has 0 spiro atoms. The molecule has 158 valence electrons. The summed E-state index contributed by atoms with van der Waals surface area (Å²) in [6.07, 6.45) is 1.21. The van der Waals surface area contributed by atoms with Crippen molar-refractivity contribution >= 4 is 23.2 Å². The fourth-order valence-electron chi connectivity index (χ4n) is 3.12. The van der Waals surface area contributed by atoms with Gasteiger partial charge in [0, 0.05) is 17.1 Å². The van der Waals surface area contributed by atoms with Gasteiger partial charge in [-0.25, -0.2) is 4.98 Å². The standard InChI is InChI=1S/C22H32N4O2S/c1-14(2)10-17-6-8-18(9-7-17)22(15(3)4)23-12-20(28)26-25-19(27)11-21-24-16(5)13-29-21/h6-9,13-15,22-23H,10-12H2,1-5H3,(H,25,27)(H,26,28)/t22-/m0/s1. The van der Waals surface area contributed by atoms with E-state index in [4.69, 9.17) is 0 Å². The molecule has 2 aromatic rings. The predicted molar refractivity (Wildman–Crippen MR) is 117 cm³/mol. The summed E-state index contributed by atoms with van der Waals surface area (Å²) < 4.78 is 0. The fourth-order valence-corrected chi connectivity index (χ4v) is 3.89. The van der Waals surface area contributed by atoms with Crippen LogP contribution < -0.4 is 16.2 Å². The van der Waals surface area contributed by atoms with Crippen LogP contribution >= 0.6 is 11.3 Å². The summed E-state index contributed by atoms with van der Waals surface area (Å²) in [6, 6.07) is 8.64. The Kier molecular flexibility index (Phi) is 8.79. The second-order valence-corrected chi connectivity index (χ2v) is 9.04. The van der Waals surface area contributed by atoms with Crippen molar-refractivity contribution < 1.29 is 9.59 Å². The van der Waals surface area contributed by atoms with Crippen LogP contribution in [-0.2, 0) is 22.4 Å². The van der Waals surface area contributed by atoms with Gasteiger partial charge in [0.25, 0.3) is 5.91 Å². The molecule has 6 nitrogen and oxygen atoms in total. The Balaban J connectivity index is 1.81. The number of amides is 2. The molecule has 0 aliphatic rings. The molecule has 0 bridgehead atoms. The number of nitrogens with zero attached hydrogens (tertiary/aromatic N) is 1. The van der Waals surface area contributed by atoms with Crippen LogP contribution in [0.1, 0.15) is 55.6 Å². The van der Waals surface area contributed by atoms with Crippen LogP contribution in [0.4, 0.5) is 0 Å². The van der Waals surface area contributed by atoms with Gasteiger partial charge in [0.15, 0.2) is 0 Å². The van der Waals surface area contributed by atoms with Crippen LogP contribution in [0.15, 0.2) is 29.6 Å². The Bertz CT molecular complexity index is 799. The lowest BCUT2D eigenvalue weighted by molar-refractivity contribution is -0.128. The smallest absolute Gasteiger partial charge is 0.252 e. The van der Waals surface area contributed by atoms with Gasteiger partial charge < -0.3 is 5.32 Å². The fraction of sp³-hybridized carbons (Fsp3) is 0.500. The normalized spacial score (nSPS) is 12.2.